The van der Waals surface area contributed by atoms with Crippen LogP contribution in [0.25, 0.3) is 22.3 Å². The van der Waals surface area contributed by atoms with E-state index in [9.17, 15) is 101 Å². The van der Waals surface area contributed by atoms with Gasteiger partial charge in [0.1, 0.15) is 5.82 Å². The molecule has 5 aromatic carbocycles. The van der Waals surface area contributed by atoms with Crippen molar-refractivity contribution >= 4 is 0 Å². The van der Waals surface area contributed by atoms with E-state index in [1.165, 1.54) is 0 Å². The first-order valence-electron chi connectivity index (χ1n) is 13.8. The molecule has 0 amide bonds. The molecule has 0 spiro atoms. The van der Waals surface area contributed by atoms with Gasteiger partial charge in [-0.3, -0.25) is 0 Å². The SMILES string of the molecule is Cc1c(F)c(F)c(-c2c(F)c(F)c(F)c(F)c2F)c(F)c1F.Cc1c(F)c(F)c(F)c(-c2c(F)c(F)c(F)c(F)c2F)c1F.Cc1c(F)c(F)c(F)c(F)c1F. The van der Waals surface area contributed by atoms with Crippen molar-refractivity contribution in [2.24, 2.45) is 0 Å². The van der Waals surface area contributed by atoms with E-state index in [0.717, 1.165) is 6.92 Å². The number of halogens is 23. The lowest BCUT2D eigenvalue weighted by atomic mass is 9.99. The maximum Gasteiger partial charge on any atom is 0.200 e. The molecule has 23 heteroatoms. The van der Waals surface area contributed by atoms with Crippen molar-refractivity contribution < 1.29 is 101 Å². The molecule has 5 aromatic rings. The summed E-state index contributed by atoms with van der Waals surface area (Å²) in [7, 11) is 0. The molecule has 5 rings (SSSR count). The Morgan fingerprint density at radius 3 is 0.482 bits per heavy atom. The molecule has 0 atom stereocenters. The Morgan fingerprint density at radius 2 is 0.250 bits per heavy atom. The number of rotatable bonds is 2. The Kier molecular flexibility index (Phi) is 13.1. The smallest absolute Gasteiger partial charge is 0.200 e. The fourth-order valence-corrected chi connectivity index (χ4v) is 4.29. The van der Waals surface area contributed by atoms with Gasteiger partial charge in [0.25, 0.3) is 0 Å². The second kappa shape index (κ2) is 16.3. The van der Waals surface area contributed by atoms with Crippen LogP contribution in [0.15, 0.2) is 0 Å². The highest BCUT2D eigenvalue weighted by atomic mass is 19.2. The van der Waals surface area contributed by atoms with Gasteiger partial charge < -0.3 is 0 Å². The summed E-state index contributed by atoms with van der Waals surface area (Å²) < 4.78 is 301. The van der Waals surface area contributed by atoms with Crippen LogP contribution in [0, 0.1) is 155 Å². The molecular formula is C33H9F23. The van der Waals surface area contributed by atoms with E-state index < -0.39 is 173 Å². The van der Waals surface area contributed by atoms with Gasteiger partial charge in [-0.2, -0.15) is 0 Å². The molecule has 0 bridgehead atoms. The van der Waals surface area contributed by atoms with Gasteiger partial charge in [0, 0.05) is 16.7 Å². The lowest BCUT2D eigenvalue weighted by Gasteiger charge is -2.13. The summed E-state index contributed by atoms with van der Waals surface area (Å²) in [5.41, 5.74) is -11.2. The Labute approximate surface area is 295 Å². The largest absolute Gasteiger partial charge is 0.206 e. The van der Waals surface area contributed by atoms with Crippen LogP contribution < -0.4 is 0 Å². The molecule has 56 heavy (non-hydrogen) atoms. The molecule has 0 aliphatic rings. The van der Waals surface area contributed by atoms with Crippen LogP contribution in [0.5, 0.6) is 0 Å². The Bertz CT molecular complexity index is 1940. The van der Waals surface area contributed by atoms with Crippen LogP contribution in [0.4, 0.5) is 101 Å². The van der Waals surface area contributed by atoms with Crippen LogP contribution in [-0.2, 0) is 0 Å². The summed E-state index contributed by atoms with van der Waals surface area (Å²) in [6.45, 7) is 2.04. The predicted octanol–water partition coefficient (Wildman–Crippen LogP) is 12.5. The molecule has 0 unspecified atom stereocenters. The molecule has 0 heterocycles. The third-order valence-corrected chi connectivity index (χ3v) is 7.31. The monoisotopic (exact) mass is 842 g/mol. The average molecular weight is 842 g/mol. The van der Waals surface area contributed by atoms with Gasteiger partial charge >= 0.3 is 0 Å². The van der Waals surface area contributed by atoms with E-state index in [1.807, 2.05) is 0 Å². The highest BCUT2D eigenvalue weighted by Gasteiger charge is 2.35. The minimum Gasteiger partial charge on any atom is -0.206 e. The van der Waals surface area contributed by atoms with Gasteiger partial charge in [0.15, 0.2) is 111 Å². The van der Waals surface area contributed by atoms with Gasteiger partial charge in [0.05, 0.1) is 22.3 Å². The first-order valence-corrected chi connectivity index (χ1v) is 13.8. The summed E-state index contributed by atoms with van der Waals surface area (Å²) in [5.74, 6) is -52.3. The molecule has 0 nitrogen and oxygen atoms in total. The number of hydrogen-bond donors (Lipinski definition) is 0. The maximum atomic E-state index is 13.8. The summed E-state index contributed by atoms with van der Waals surface area (Å²) in [4.78, 5) is 0. The van der Waals surface area contributed by atoms with E-state index in [0.29, 0.717) is 13.8 Å². The third kappa shape index (κ3) is 7.29. The van der Waals surface area contributed by atoms with Crippen LogP contribution >= 0.6 is 0 Å². The lowest BCUT2D eigenvalue weighted by molar-refractivity contribution is 0.373. The Balaban J connectivity index is 0.000000236. The summed E-state index contributed by atoms with van der Waals surface area (Å²) in [5, 5.41) is 0. The minimum absolute atomic E-state index is 0.600. The fourth-order valence-electron chi connectivity index (χ4n) is 4.29. The van der Waals surface area contributed by atoms with Crippen molar-refractivity contribution in [3.8, 4) is 22.3 Å². The molecule has 0 fully saturated rings. The highest BCUT2D eigenvalue weighted by Crippen LogP contribution is 2.39. The van der Waals surface area contributed by atoms with Crippen molar-refractivity contribution in [3.63, 3.8) is 0 Å². The Hall–Kier alpha value is -5.51. The minimum atomic E-state index is -2.59. The van der Waals surface area contributed by atoms with Crippen LogP contribution in [0.2, 0.25) is 0 Å². The van der Waals surface area contributed by atoms with Gasteiger partial charge in [0.2, 0.25) is 17.5 Å². The van der Waals surface area contributed by atoms with Crippen LogP contribution in [-0.4, -0.2) is 0 Å². The summed E-state index contributed by atoms with van der Waals surface area (Å²) in [6.07, 6.45) is 0. The fraction of sp³-hybridized carbons (Fsp3) is 0.0909. The second-order valence-corrected chi connectivity index (χ2v) is 10.6. The van der Waals surface area contributed by atoms with Crippen molar-refractivity contribution in [1.29, 1.82) is 0 Å². The van der Waals surface area contributed by atoms with Crippen molar-refractivity contribution in [2.75, 3.05) is 0 Å². The van der Waals surface area contributed by atoms with Crippen LogP contribution in [0.1, 0.15) is 16.7 Å². The van der Waals surface area contributed by atoms with Gasteiger partial charge in [-0.15, -0.1) is 0 Å². The topological polar surface area (TPSA) is 0 Å². The maximum absolute atomic E-state index is 13.8. The number of hydrogen-bond acceptors (Lipinski definition) is 0. The average Bonchev–Trinajstić information content (AvgIpc) is 3.18. The standard InChI is InChI=1S/2C13H3F9.C7H3F5/c1-2-5(14)7(16)3(8(17)6(2)15)4-9(18)11(20)13(22)12(21)10(4)19;1-2-5(14)3(7(16)10(19)6(2)15)4-8(17)11(20)13(22)12(21)9(4)18;1-2-3(8)5(10)7(12)6(11)4(2)9/h2*1H3;1H3. The second-order valence-electron chi connectivity index (χ2n) is 10.6. The van der Waals surface area contributed by atoms with E-state index in [2.05, 4.69) is 0 Å². The molecule has 302 valence electrons. The molecule has 0 N–H and O–H groups in total. The van der Waals surface area contributed by atoms with Gasteiger partial charge in [-0.1, -0.05) is 0 Å². The lowest BCUT2D eigenvalue weighted by Crippen LogP contribution is -2.09. The Morgan fingerprint density at radius 1 is 0.143 bits per heavy atom. The molecule has 0 aromatic heterocycles. The zero-order chi connectivity index (χ0) is 43.3. The third-order valence-electron chi connectivity index (χ3n) is 7.31. The molecule has 0 aliphatic carbocycles. The van der Waals surface area contributed by atoms with Crippen molar-refractivity contribution in [3.05, 3.63) is 150 Å². The molecule has 0 saturated heterocycles. The van der Waals surface area contributed by atoms with Crippen LogP contribution in [0.3, 0.4) is 0 Å². The normalized spacial score (nSPS) is 11.0. The number of benzene rings is 5. The molecule has 0 saturated carbocycles. The highest BCUT2D eigenvalue weighted by molar-refractivity contribution is 5.69. The zero-order valence-corrected chi connectivity index (χ0v) is 26.7. The van der Waals surface area contributed by atoms with Gasteiger partial charge in [-0.25, -0.2) is 101 Å². The first kappa shape index (κ1) is 44.9. The first-order chi connectivity index (χ1) is 25.7. The summed E-state index contributed by atoms with van der Waals surface area (Å²) in [6, 6.07) is 0. The van der Waals surface area contributed by atoms with Crippen molar-refractivity contribution in [2.45, 2.75) is 20.8 Å². The van der Waals surface area contributed by atoms with Gasteiger partial charge in [-0.05, 0) is 20.8 Å². The molecule has 0 aliphatic heterocycles. The van der Waals surface area contributed by atoms with E-state index in [4.69, 9.17) is 0 Å². The molecular weight excluding hydrogens is 833 g/mol. The predicted molar refractivity (Wildman–Crippen MR) is 143 cm³/mol. The zero-order valence-electron chi connectivity index (χ0n) is 26.7. The van der Waals surface area contributed by atoms with E-state index in [1.54, 1.807) is 0 Å². The quantitative estimate of drug-likeness (QED) is 0.0944. The molecule has 0 radical (unpaired) electrons. The van der Waals surface area contributed by atoms with E-state index in [-0.39, 0.29) is 0 Å². The summed E-state index contributed by atoms with van der Waals surface area (Å²) >= 11 is 0. The van der Waals surface area contributed by atoms with E-state index >= 15 is 0 Å². The van der Waals surface area contributed by atoms with Crippen molar-refractivity contribution in [1.82, 2.24) is 0 Å².